The maximum atomic E-state index is 10.9. The summed E-state index contributed by atoms with van der Waals surface area (Å²) >= 11 is 0. The number of hydrogen-bond acceptors (Lipinski definition) is 1. The van der Waals surface area contributed by atoms with Gasteiger partial charge >= 0.3 is 0 Å². The molecule has 0 aromatic heterocycles. The van der Waals surface area contributed by atoms with Gasteiger partial charge in [0, 0.05) is 5.41 Å². The van der Waals surface area contributed by atoms with Gasteiger partial charge in [-0.2, -0.15) is 0 Å². The molecule has 1 fully saturated rings. The fourth-order valence-electron chi connectivity index (χ4n) is 1.81. The molecule has 0 saturated heterocycles. The summed E-state index contributed by atoms with van der Waals surface area (Å²) in [6.07, 6.45) is 5.09. The molecule has 1 rings (SSSR count). The molecule has 0 atom stereocenters. The van der Waals surface area contributed by atoms with Crippen LogP contribution >= 0.6 is 0 Å². The smallest absolute Gasteiger partial charge is 0.126 e. The summed E-state index contributed by atoms with van der Waals surface area (Å²) in [6, 6.07) is 0. The average molecular weight is 168 g/mol. The second kappa shape index (κ2) is 2.86. The summed E-state index contributed by atoms with van der Waals surface area (Å²) in [5, 5.41) is 0. The Bertz CT molecular complexity index is 175. The van der Waals surface area contributed by atoms with Crippen LogP contribution in [-0.4, -0.2) is 6.29 Å². The molecule has 1 saturated carbocycles. The molecule has 0 unspecified atom stereocenters. The fraction of sp³-hybridized carbons (Fsp3) is 0.909. The van der Waals surface area contributed by atoms with Crippen LogP contribution in [0.2, 0.25) is 0 Å². The maximum absolute atomic E-state index is 10.9. The van der Waals surface area contributed by atoms with Crippen LogP contribution in [0.3, 0.4) is 0 Å². The summed E-state index contributed by atoms with van der Waals surface area (Å²) in [4.78, 5) is 10.9. The fourth-order valence-corrected chi connectivity index (χ4v) is 1.81. The van der Waals surface area contributed by atoms with E-state index in [1.54, 1.807) is 0 Å². The van der Waals surface area contributed by atoms with Gasteiger partial charge in [0.05, 0.1) is 0 Å². The van der Waals surface area contributed by atoms with Gasteiger partial charge in [0.25, 0.3) is 0 Å². The Morgan fingerprint density at radius 3 is 1.92 bits per heavy atom. The van der Waals surface area contributed by atoms with E-state index in [4.69, 9.17) is 0 Å². The molecule has 70 valence electrons. The van der Waals surface area contributed by atoms with Crippen LogP contribution < -0.4 is 0 Å². The number of hydrogen-bond donors (Lipinski definition) is 0. The van der Waals surface area contributed by atoms with Gasteiger partial charge in [-0.3, -0.25) is 0 Å². The second-order valence-corrected chi connectivity index (χ2v) is 5.19. The highest BCUT2D eigenvalue weighted by Crippen LogP contribution is 2.50. The summed E-state index contributed by atoms with van der Waals surface area (Å²) in [5.41, 5.74) is 0.00505. The lowest BCUT2D eigenvalue weighted by molar-refractivity contribution is -0.124. The zero-order valence-electron chi connectivity index (χ0n) is 8.68. The lowest BCUT2D eigenvalue weighted by Crippen LogP contribution is -2.42. The number of aldehydes is 1. The molecular formula is C11H20O. The predicted octanol–water partition coefficient (Wildman–Crippen LogP) is 3.04. The zero-order chi connectivity index (χ0) is 9.41. The van der Waals surface area contributed by atoms with Crippen LogP contribution in [0.25, 0.3) is 0 Å². The van der Waals surface area contributed by atoms with Crippen LogP contribution in [0.15, 0.2) is 0 Å². The Hall–Kier alpha value is -0.330. The standard InChI is InChI=1S/C11H20O/c1-10(2,8-12)11(3,4)9-6-5-7-9/h8-9H,5-7H2,1-4H3. The van der Waals surface area contributed by atoms with E-state index in [9.17, 15) is 4.79 Å². The van der Waals surface area contributed by atoms with Gasteiger partial charge in [0.2, 0.25) is 0 Å². The molecule has 0 bridgehead atoms. The van der Waals surface area contributed by atoms with Crippen LogP contribution in [0.5, 0.6) is 0 Å². The Morgan fingerprint density at radius 1 is 1.17 bits per heavy atom. The van der Waals surface area contributed by atoms with Crippen LogP contribution in [0.1, 0.15) is 47.0 Å². The Balaban J connectivity index is 2.74. The monoisotopic (exact) mass is 168 g/mol. The molecule has 1 aliphatic carbocycles. The number of carbonyl (C=O) groups is 1. The minimum absolute atomic E-state index is 0.169. The first-order valence-corrected chi connectivity index (χ1v) is 4.88. The molecule has 1 nitrogen and oxygen atoms in total. The van der Waals surface area contributed by atoms with E-state index < -0.39 is 0 Å². The van der Waals surface area contributed by atoms with Crippen LogP contribution in [0, 0.1) is 16.7 Å². The topological polar surface area (TPSA) is 17.1 Å². The Labute approximate surface area is 75.5 Å². The summed E-state index contributed by atoms with van der Waals surface area (Å²) < 4.78 is 0. The van der Waals surface area contributed by atoms with Crippen molar-refractivity contribution in [3.63, 3.8) is 0 Å². The first-order valence-electron chi connectivity index (χ1n) is 4.88. The molecular weight excluding hydrogens is 148 g/mol. The van der Waals surface area contributed by atoms with Crippen LogP contribution in [0.4, 0.5) is 0 Å². The lowest BCUT2D eigenvalue weighted by atomic mass is 9.56. The minimum Gasteiger partial charge on any atom is -0.303 e. The summed E-state index contributed by atoms with van der Waals surface area (Å²) in [6.45, 7) is 8.56. The molecule has 0 radical (unpaired) electrons. The van der Waals surface area contributed by atoms with E-state index in [1.165, 1.54) is 19.3 Å². The van der Waals surface area contributed by atoms with Crippen molar-refractivity contribution in [2.45, 2.75) is 47.0 Å². The van der Waals surface area contributed by atoms with Crippen molar-refractivity contribution in [3.8, 4) is 0 Å². The van der Waals surface area contributed by atoms with Gasteiger partial charge in [0.1, 0.15) is 6.29 Å². The van der Waals surface area contributed by atoms with Gasteiger partial charge in [-0.25, -0.2) is 0 Å². The van der Waals surface area contributed by atoms with Crippen LogP contribution in [-0.2, 0) is 4.79 Å². The normalized spacial score (nSPS) is 20.3. The SMILES string of the molecule is CC(C)(C=O)C(C)(C)C1CCC1. The molecule has 0 aromatic carbocycles. The maximum Gasteiger partial charge on any atom is 0.126 e. The van der Waals surface area contributed by atoms with Crippen molar-refractivity contribution in [2.24, 2.45) is 16.7 Å². The number of carbonyl (C=O) groups excluding carboxylic acids is 1. The van der Waals surface area contributed by atoms with Crippen molar-refractivity contribution in [3.05, 3.63) is 0 Å². The van der Waals surface area contributed by atoms with Crippen molar-refractivity contribution in [2.75, 3.05) is 0 Å². The largest absolute Gasteiger partial charge is 0.303 e. The van der Waals surface area contributed by atoms with Gasteiger partial charge < -0.3 is 4.79 Å². The number of rotatable bonds is 3. The molecule has 0 amide bonds. The van der Waals surface area contributed by atoms with Crippen molar-refractivity contribution >= 4 is 6.29 Å². The highest BCUT2D eigenvalue weighted by atomic mass is 16.1. The average Bonchev–Trinajstić information content (AvgIpc) is 1.82. The van der Waals surface area contributed by atoms with Crippen molar-refractivity contribution < 1.29 is 4.79 Å². The third-order valence-electron chi connectivity index (χ3n) is 4.08. The van der Waals surface area contributed by atoms with Gasteiger partial charge in [-0.05, 0) is 24.2 Å². The molecule has 0 heterocycles. The molecule has 0 aromatic rings. The predicted molar refractivity (Wildman–Crippen MR) is 51.0 cm³/mol. The van der Waals surface area contributed by atoms with E-state index in [2.05, 4.69) is 27.7 Å². The Morgan fingerprint density at radius 2 is 1.67 bits per heavy atom. The van der Waals surface area contributed by atoms with E-state index in [1.807, 2.05) is 0 Å². The van der Waals surface area contributed by atoms with Crippen molar-refractivity contribution in [1.29, 1.82) is 0 Å². The lowest BCUT2D eigenvalue weighted by Gasteiger charge is -2.48. The van der Waals surface area contributed by atoms with E-state index >= 15 is 0 Å². The first kappa shape index (κ1) is 9.76. The van der Waals surface area contributed by atoms with E-state index in [0.29, 0.717) is 0 Å². The van der Waals surface area contributed by atoms with Gasteiger partial charge in [-0.15, -0.1) is 0 Å². The third-order valence-corrected chi connectivity index (χ3v) is 4.08. The highest BCUT2D eigenvalue weighted by molar-refractivity contribution is 5.59. The third kappa shape index (κ3) is 1.30. The van der Waals surface area contributed by atoms with Gasteiger partial charge in [0.15, 0.2) is 0 Å². The second-order valence-electron chi connectivity index (χ2n) is 5.19. The molecule has 0 N–H and O–H groups in total. The summed E-state index contributed by atoms with van der Waals surface area (Å²) in [7, 11) is 0. The first-order chi connectivity index (χ1) is 5.42. The molecule has 0 spiro atoms. The molecule has 1 aliphatic rings. The van der Waals surface area contributed by atoms with Gasteiger partial charge in [-0.1, -0.05) is 34.1 Å². The van der Waals surface area contributed by atoms with Crippen molar-refractivity contribution in [1.82, 2.24) is 0 Å². The quantitative estimate of drug-likeness (QED) is 0.592. The van der Waals surface area contributed by atoms with E-state index in [-0.39, 0.29) is 10.8 Å². The molecule has 0 aliphatic heterocycles. The van der Waals surface area contributed by atoms with E-state index in [0.717, 1.165) is 12.2 Å². The molecule has 12 heavy (non-hydrogen) atoms. The highest BCUT2D eigenvalue weighted by Gasteiger charge is 2.44. The Kier molecular flexibility index (Phi) is 2.33. The molecule has 1 heteroatoms. The summed E-state index contributed by atoms with van der Waals surface area (Å²) in [5.74, 6) is 0.762. The minimum atomic E-state index is -0.169. The zero-order valence-corrected chi connectivity index (χ0v) is 8.68.